The van der Waals surface area contributed by atoms with E-state index in [9.17, 15) is 5.11 Å². The lowest BCUT2D eigenvalue weighted by molar-refractivity contribution is -0.130. The first-order valence-corrected chi connectivity index (χ1v) is 7.97. The first-order valence-electron chi connectivity index (χ1n) is 7.97. The van der Waals surface area contributed by atoms with Crippen LogP contribution in [-0.4, -0.2) is 63.2 Å². The van der Waals surface area contributed by atoms with Gasteiger partial charge in [0.05, 0.1) is 32.5 Å². The second kappa shape index (κ2) is 8.31. The highest BCUT2D eigenvalue weighted by Crippen LogP contribution is 2.38. The van der Waals surface area contributed by atoms with E-state index in [4.69, 9.17) is 14.2 Å². The van der Waals surface area contributed by atoms with Gasteiger partial charge in [-0.15, -0.1) is 12.4 Å². The zero-order valence-electron chi connectivity index (χ0n) is 13.6. The topological polar surface area (TPSA) is 51.2 Å². The van der Waals surface area contributed by atoms with Crippen LogP contribution in [0.1, 0.15) is 12.0 Å². The highest BCUT2D eigenvalue weighted by molar-refractivity contribution is 5.85. The fraction of sp³-hybridized carbons (Fsp3) is 0.647. The van der Waals surface area contributed by atoms with E-state index >= 15 is 0 Å². The van der Waals surface area contributed by atoms with E-state index in [1.807, 2.05) is 24.3 Å². The predicted molar refractivity (Wildman–Crippen MR) is 90.3 cm³/mol. The van der Waals surface area contributed by atoms with Crippen molar-refractivity contribution in [3.05, 3.63) is 29.8 Å². The highest BCUT2D eigenvalue weighted by atomic mass is 35.5. The second-order valence-corrected chi connectivity index (χ2v) is 6.09. The molecule has 2 atom stereocenters. The van der Waals surface area contributed by atoms with Crippen molar-refractivity contribution in [2.75, 3.05) is 53.2 Å². The Kier molecular flexibility index (Phi) is 6.68. The number of methoxy groups -OCH3 is 1. The molecule has 0 spiro atoms. The van der Waals surface area contributed by atoms with E-state index in [1.54, 1.807) is 7.11 Å². The van der Waals surface area contributed by atoms with Gasteiger partial charge in [-0.1, -0.05) is 12.1 Å². The van der Waals surface area contributed by atoms with Crippen LogP contribution in [0, 0.1) is 5.92 Å². The fourth-order valence-electron chi connectivity index (χ4n) is 3.37. The molecule has 2 heterocycles. The summed E-state index contributed by atoms with van der Waals surface area (Å²) in [5, 5.41) is 11.4. The van der Waals surface area contributed by atoms with Crippen LogP contribution in [0.3, 0.4) is 0 Å². The van der Waals surface area contributed by atoms with Crippen molar-refractivity contribution in [1.82, 2.24) is 4.90 Å². The van der Waals surface area contributed by atoms with E-state index in [-0.39, 0.29) is 18.3 Å². The predicted octanol–water partition coefficient (Wildman–Crippen LogP) is 1.67. The van der Waals surface area contributed by atoms with Crippen LogP contribution < -0.4 is 4.74 Å². The molecule has 130 valence electrons. The normalized spacial score (nSPS) is 28.9. The lowest BCUT2D eigenvalue weighted by atomic mass is 9.77. The van der Waals surface area contributed by atoms with Crippen LogP contribution >= 0.6 is 12.4 Å². The van der Waals surface area contributed by atoms with Gasteiger partial charge in [0.2, 0.25) is 0 Å². The van der Waals surface area contributed by atoms with Gasteiger partial charge in [0.25, 0.3) is 0 Å². The Morgan fingerprint density at radius 1 is 1.26 bits per heavy atom. The molecule has 2 aliphatic rings. The molecular formula is C17H26ClNO4. The van der Waals surface area contributed by atoms with Gasteiger partial charge < -0.3 is 19.3 Å². The minimum Gasteiger partial charge on any atom is -0.497 e. The van der Waals surface area contributed by atoms with Crippen molar-refractivity contribution in [3.63, 3.8) is 0 Å². The van der Waals surface area contributed by atoms with Gasteiger partial charge in [0, 0.05) is 38.6 Å². The van der Waals surface area contributed by atoms with Crippen LogP contribution in [-0.2, 0) is 15.1 Å². The van der Waals surface area contributed by atoms with Crippen molar-refractivity contribution in [2.45, 2.75) is 12.0 Å². The number of nitrogens with zero attached hydrogens (tertiary/aromatic N) is 1. The van der Waals surface area contributed by atoms with Crippen molar-refractivity contribution < 1.29 is 19.3 Å². The highest BCUT2D eigenvalue weighted by Gasteiger charge is 2.42. The fourth-order valence-corrected chi connectivity index (χ4v) is 3.37. The van der Waals surface area contributed by atoms with E-state index in [1.165, 1.54) is 0 Å². The number of rotatable bonds is 4. The van der Waals surface area contributed by atoms with Crippen LogP contribution in [0.25, 0.3) is 0 Å². The monoisotopic (exact) mass is 343 g/mol. The third kappa shape index (κ3) is 4.17. The standard InChI is InChI=1S/C17H25NO4.ClH/c1-20-16-4-2-3-14(11-16)17(19)5-8-22-13-15(17)12-18-6-9-21-10-7-18;/h2-4,11,15,19H,5-10,12-13H2,1H3;1H. The minimum atomic E-state index is -0.856. The average Bonchev–Trinajstić information content (AvgIpc) is 2.58. The van der Waals surface area contributed by atoms with Gasteiger partial charge in [0.15, 0.2) is 0 Å². The quantitative estimate of drug-likeness (QED) is 0.901. The molecule has 0 aromatic heterocycles. The Balaban J connectivity index is 0.00000192. The van der Waals surface area contributed by atoms with Gasteiger partial charge in [0.1, 0.15) is 5.75 Å². The summed E-state index contributed by atoms with van der Waals surface area (Å²) in [5.41, 5.74) is 0.0684. The second-order valence-electron chi connectivity index (χ2n) is 6.09. The number of ether oxygens (including phenoxy) is 3. The molecule has 3 rings (SSSR count). The minimum absolute atomic E-state index is 0. The third-order valence-corrected chi connectivity index (χ3v) is 4.77. The number of aliphatic hydroxyl groups is 1. The summed E-state index contributed by atoms with van der Waals surface area (Å²) in [7, 11) is 1.65. The summed E-state index contributed by atoms with van der Waals surface area (Å²) < 4.78 is 16.4. The molecule has 1 aromatic carbocycles. The number of benzene rings is 1. The molecule has 6 heteroatoms. The molecule has 0 amide bonds. The third-order valence-electron chi connectivity index (χ3n) is 4.77. The molecule has 5 nitrogen and oxygen atoms in total. The maximum atomic E-state index is 11.4. The molecule has 0 aliphatic carbocycles. The lowest BCUT2D eigenvalue weighted by Gasteiger charge is -2.43. The Morgan fingerprint density at radius 2 is 2.04 bits per heavy atom. The average molecular weight is 344 g/mol. The number of halogens is 1. The molecule has 2 unspecified atom stereocenters. The molecular weight excluding hydrogens is 318 g/mol. The Bertz CT molecular complexity index is 495. The van der Waals surface area contributed by atoms with Crippen LogP contribution in [0.2, 0.25) is 0 Å². The number of morpholine rings is 1. The molecule has 2 aliphatic heterocycles. The van der Waals surface area contributed by atoms with Crippen molar-refractivity contribution in [1.29, 1.82) is 0 Å². The zero-order chi connectivity index (χ0) is 15.4. The molecule has 0 bridgehead atoms. The van der Waals surface area contributed by atoms with Gasteiger partial charge in [-0.2, -0.15) is 0 Å². The lowest BCUT2D eigenvalue weighted by Crippen LogP contribution is -2.50. The van der Waals surface area contributed by atoms with Crippen molar-refractivity contribution in [3.8, 4) is 5.75 Å². The molecule has 1 aromatic rings. The van der Waals surface area contributed by atoms with Gasteiger partial charge in [-0.05, 0) is 17.7 Å². The van der Waals surface area contributed by atoms with Gasteiger partial charge in [-0.25, -0.2) is 0 Å². The van der Waals surface area contributed by atoms with E-state index in [0.717, 1.165) is 44.2 Å². The van der Waals surface area contributed by atoms with Gasteiger partial charge in [-0.3, -0.25) is 4.90 Å². The first-order chi connectivity index (χ1) is 10.7. The van der Waals surface area contributed by atoms with Crippen molar-refractivity contribution >= 4 is 12.4 Å². The molecule has 0 radical (unpaired) electrons. The summed E-state index contributed by atoms with van der Waals surface area (Å²) >= 11 is 0. The number of hydrogen-bond donors (Lipinski definition) is 1. The molecule has 2 fully saturated rings. The first kappa shape index (κ1) is 18.5. The Labute approximate surface area is 143 Å². The van der Waals surface area contributed by atoms with Gasteiger partial charge >= 0.3 is 0 Å². The van der Waals surface area contributed by atoms with E-state index in [2.05, 4.69) is 4.90 Å². The largest absolute Gasteiger partial charge is 0.497 e. The number of hydrogen-bond acceptors (Lipinski definition) is 5. The molecule has 23 heavy (non-hydrogen) atoms. The van der Waals surface area contributed by atoms with Crippen LogP contribution in [0.5, 0.6) is 5.75 Å². The zero-order valence-corrected chi connectivity index (χ0v) is 14.4. The maximum Gasteiger partial charge on any atom is 0.119 e. The summed E-state index contributed by atoms with van der Waals surface area (Å²) in [5.74, 6) is 0.842. The summed E-state index contributed by atoms with van der Waals surface area (Å²) in [6.45, 7) is 5.39. The summed E-state index contributed by atoms with van der Waals surface area (Å²) in [6, 6.07) is 7.77. The van der Waals surface area contributed by atoms with Crippen LogP contribution in [0.15, 0.2) is 24.3 Å². The molecule has 1 N–H and O–H groups in total. The van der Waals surface area contributed by atoms with Crippen LogP contribution in [0.4, 0.5) is 0 Å². The maximum absolute atomic E-state index is 11.4. The molecule has 0 saturated carbocycles. The van der Waals surface area contributed by atoms with Crippen molar-refractivity contribution in [2.24, 2.45) is 5.92 Å². The summed E-state index contributed by atoms with van der Waals surface area (Å²) in [4.78, 5) is 2.36. The SMILES string of the molecule is COc1cccc(C2(O)CCOCC2CN2CCOCC2)c1.Cl. The molecule has 2 saturated heterocycles. The smallest absolute Gasteiger partial charge is 0.119 e. The summed E-state index contributed by atoms with van der Waals surface area (Å²) in [6.07, 6.45) is 0.620. The Hall–Kier alpha value is -0.850. The Morgan fingerprint density at radius 3 is 2.78 bits per heavy atom. The van der Waals surface area contributed by atoms with E-state index in [0.29, 0.717) is 19.6 Å². The van der Waals surface area contributed by atoms with E-state index < -0.39 is 5.60 Å².